The van der Waals surface area contributed by atoms with Gasteiger partial charge in [-0.15, -0.1) is 0 Å². The molecule has 2 aromatic heterocycles. The van der Waals surface area contributed by atoms with E-state index in [4.69, 9.17) is 10.5 Å². The molecule has 1 fully saturated rings. The maximum absolute atomic E-state index is 6.08. The lowest BCUT2D eigenvalue weighted by Gasteiger charge is -2.52. The van der Waals surface area contributed by atoms with Crippen LogP contribution in [0, 0.1) is 5.41 Å². The molecule has 0 aliphatic heterocycles. The summed E-state index contributed by atoms with van der Waals surface area (Å²) in [5, 5.41) is 0. The van der Waals surface area contributed by atoms with Gasteiger partial charge < -0.3 is 15.0 Å². The molecule has 5 nitrogen and oxygen atoms in total. The summed E-state index contributed by atoms with van der Waals surface area (Å²) in [5.41, 5.74) is 8.85. The van der Waals surface area contributed by atoms with Gasteiger partial charge in [0.1, 0.15) is 0 Å². The second-order valence-corrected chi connectivity index (χ2v) is 6.17. The summed E-state index contributed by atoms with van der Waals surface area (Å²) in [6, 6.07) is 2.19. The van der Waals surface area contributed by atoms with Crippen LogP contribution in [0.25, 0.3) is 11.3 Å². The first-order valence-corrected chi connectivity index (χ1v) is 7.39. The lowest BCUT2D eigenvalue weighted by atomic mass is 9.64. The number of anilines is 1. The number of nitrogens with zero attached hydrogens (tertiary/aromatic N) is 3. The highest BCUT2D eigenvalue weighted by atomic mass is 16.5. The number of hydrogen-bond donors (Lipinski definition) is 1. The molecule has 2 heterocycles. The summed E-state index contributed by atoms with van der Waals surface area (Å²) in [6.07, 6.45) is 8.55. The molecule has 0 radical (unpaired) electrons. The number of pyridine rings is 1. The van der Waals surface area contributed by atoms with E-state index in [1.54, 1.807) is 12.4 Å². The summed E-state index contributed by atoms with van der Waals surface area (Å²) in [6.45, 7) is 7.30. The van der Waals surface area contributed by atoms with Crippen LogP contribution in [0.1, 0.15) is 33.2 Å². The summed E-state index contributed by atoms with van der Waals surface area (Å²) in [7, 11) is 0. The van der Waals surface area contributed by atoms with Crippen LogP contribution in [-0.2, 0) is 4.74 Å². The number of aromatic nitrogens is 3. The lowest BCUT2D eigenvalue weighted by Crippen LogP contribution is -2.51. The Labute approximate surface area is 125 Å². The second kappa shape index (κ2) is 5.15. The molecule has 2 aromatic rings. The van der Waals surface area contributed by atoms with Crippen molar-refractivity contribution in [1.29, 1.82) is 0 Å². The molecular weight excluding hydrogens is 264 g/mol. The first-order chi connectivity index (χ1) is 10.1. The van der Waals surface area contributed by atoms with Gasteiger partial charge in [0.2, 0.25) is 0 Å². The maximum atomic E-state index is 6.08. The third-order valence-electron chi connectivity index (χ3n) is 4.63. The monoisotopic (exact) mass is 286 g/mol. The van der Waals surface area contributed by atoms with Gasteiger partial charge in [0, 0.05) is 41.7 Å². The van der Waals surface area contributed by atoms with Crippen molar-refractivity contribution >= 4 is 5.69 Å². The zero-order valence-electron chi connectivity index (χ0n) is 12.8. The van der Waals surface area contributed by atoms with Crippen molar-refractivity contribution in [2.75, 3.05) is 12.3 Å². The Morgan fingerprint density at radius 2 is 2.19 bits per heavy atom. The molecule has 0 amide bonds. The zero-order chi connectivity index (χ0) is 15.0. The third-order valence-corrected chi connectivity index (χ3v) is 4.63. The van der Waals surface area contributed by atoms with Gasteiger partial charge in [0.05, 0.1) is 24.3 Å². The van der Waals surface area contributed by atoms with Gasteiger partial charge in [-0.3, -0.25) is 4.98 Å². The predicted molar refractivity (Wildman–Crippen MR) is 82.7 cm³/mol. The van der Waals surface area contributed by atoms with Crippen LogP contribution in [-0.4, -0.2) is 27.2 Å². The molecule has 2 atom stereocenters. The molecule has 0 bridgehead atoms. The van der Waals surface area contributed by atoms with Crippen molar-refractivity contribution in [3.63, 3.8) is 0 Å². The van der Waals surface area contributed by atoms with Crippen molar-refractivity contribution in [2.45, 2.75) is 39.3 Å². The van der Waals surface area contributed by atoms with Crippen LogP contribution in [0.4, 0.5) is 5.69 Å². The smallest absolute Gasteiger partial charge is 0.0953 e. The Morgan fingerprint density at radius 1 is 1.38 bits per heavy atom. The van der Waals surface area contributed by atoms with E-state index in [9.17, 15) is 0 Å². The van der Waals surface area contributed by atoms with Crippen molar-refractivity contribution in [3.05, 3.63) is 31.0 Å². The van der Waals surface area contributed by atoms with E-state index in [0.29, 0.717) is 12.1 Å². The molecule has 1 aliphatic carbocycles. The average molecular weight is 286 g/mol. The molecule has 2 unspecified atom stereocenters. The zero-order valence-corrected chi connectivity index (χ0v) is 12.8. The van der Waals surface area contributed by atoms with Gasteiger partial charge in [-0.25, -0.2) is 4.98 Å². The highest BCUT2D eigenvalue weighted by Gasteiger charge is 2.50. The largest absolute Gasteiger partial charge is 0.398 e. The van der Waals surface area contributed by atoms with E-state index in [2.05, 4.69) is 28.4 Å². The van der Waals surface area contributed by atoms with Crippen molar-refractivity contribution < 1.29 is 4.74 Å². The Hall–Kier alpha value is -1.88. The normalized spacial score (nSPS) is 23.8. The Morgan fingerprint density at radius 3 is 2.86 bits per heavy atom. The van der Waals surface area contributed by atoms with E-state index in [1.807, 2.05) is 25.5 Å². The highest BCUT2D eigenvalue weighted by Crippen LogP contribution is 2.52. The summed E-state index contributed by atoms with van der Waals surface area (Å²) < 4.78 is 8.03. The standard InChI is InChI=1S/C16H22N4O/c1-4-21-15-7-14(16(15,2)3)20-10-19-9-13(20)11-8-18-6-5-12(11)17/h5-6,8-10,14-15H,4,7H2,1-3H3,(H2,17,18). The Bertz CT molecular complexity index is 635. The first kappa shape index (κ1) is 14.1. The number of hydrogen-bond acceptors (Lipinski definition) is 4. The van der Waals surface area contributed by atoms with Crippen LogP contribution in [0.15, 0.2) is 31.0 Å². The van der Waals surface area contributed by atoms with Crippen LogP contribution in [0.5, 0.6) is 0 Å². The second-order valence-electron chi connectivity index (χ2n) is 6.17. The van der Waals surface area contributed by atoms with Crippen LogP contribution in [0.2, 0.25) is 0 Å². The Balaban J connectivity index is 1.93. The average Bonchev–Trinajstić information content (AvgIpc) is 2.92. The number of nitrogens with two attached hydrogens (primary N) is 1. The fraction of sp³-hybridized carbons (Fsp3) is 0.500. The number of ether oxygens (including phenoxy) is 1. The van der Waals surface area contributed by atoms with Gasteiger partial charge >= 0.3 is 0 Å². The van der Waals surface area contributed by atoms with Gasteiger partial charge in [-0.2, -0.15) is 0 Å². The summed E-state index contributed by atoms with van der Waals surface area (Å²) in [5.74, 6) is 0. The number of nitrogen functional groups attached to an aromatic ring is 1. The number of imidazole rings is 1. The predicted octanol–water partition coefficient (Wildman–Crippen LogP) is 2.90. The van der Waals surface area contributed by atoms with Crippen molar-refractivity contribution in [2.24, 2.45) is 5.41 Å². The maximum Gasteiger partial charge on any atom is 0.0953 e. The quantitative estimate of drug-likeness (QED) is 0.938. The minimum absolute atomic E-state index is 0.0857. The van der Waals surface area contributed by atoms with E-state index in [1.165, 1.54) is 0 Å². The fourth-order valence-corrected chi connectivity index (χ4v) is 3.20. The molecular formula is C16H22N4O. The molecule has 5 heteroatoms. The molecule has 0 saturated heterocycles. The molecule has 21 heavy (non-hydrogen) atoms. The van der Waals surface area contributed by atoms with Crippen molar-refractivity contribution in [1.82, 2.24) is 14.5 Å². The van der Waals surface area contributed by atoms with Crippen molar-refractivity contribution in [3.8, 4) is 11.3 Å². The van der Waals surface area contributed by atoms with Gasteiger partial charge in [0.15, 0.2) is 0 Å². The van der Waals surface area contributed by atoms with Gasteiger partial charge in [-0.05, 0) is 19.4 Å². The van der Waals surface area contributed by atoms with E-state index in [0.717, 1.165) is 30.0 Å². The SMILES string of the molecule is CCOC1CC(n2cncc2-c2cnccc2N)C1(C)C. The molecule has 3 rings (SSSR count). The minimum Gasteiger partial charge on any atom is -0.398 e. The molecule has 2 N–H and O–H groups in total. The van der Waals surface area contributed by atoms with Crippen LogP contribution in [0.3, 0.4) is 0 Å². The molecule has 1 aliphatic rings. The third kappa shape index (κ3) is 2.21. The lowest BCUT2D eigenvalue weighted by molar-refractivity contribution is -0.127. The van der Waals surface area contributed by atoms with E-state index >= 15 is 0 Å². The molecule has 0 spiro atoms. The van der Waals surface area contributed by atoms with E-state index in [-0.39, 0.29) is 5.41 Å². The van der Waals surface area contributed by atoms with Gasteiger partial charge in [0.25, 0.3) is 0 Å². The van der Waals surface area contributed by atoms with E-state index < -0.39 is 0 Å². The van der Waals surface area contributed by atoms with Crippen LogP contribution >= 0.6 is 0 Å². The fourth-order valence-electron chi connectivity index (χ4n) is 3.20. The summed E-state index contributed by atoms with van der Waals surface area (Å²) in [4.78, 5) is 8.50. The van der Waals surface area contributed by atoms with Gasteiger partial charge in [-0.1, -0.05) is 13.8 Å². The van der Waals surface area contributed by atoms with Crippen LogP contribution < -0.4 is 5.73 Å². The molecule has 1 saturated carbocycles. The summed E-state index contributed by atoms with van der Waals surface area (Å²) >= 11 is 0. The minimum atomic E-state index is 0.0857. The number of rotatable bonds is 4. The molecule has 112 valence electrons. The highest BCUT2D eigenvalue weighted by molar-refractivity contribution is 5.72. The first-order valence-electron chi connectivity index (χ1n) is 7.39. The Kier molecular flexibility index (Phi) is 3.45. The molecule has 0 aromatic carbocycles. The topological polar surface area (TPSA) is 66.0 Å².